The van der Waals surface area contributed by atoms with E-state index in [4.69, 9.17) is 4.74 Å². The molecule has 3 aliphatic heterocycles. The number of amides is 1. The van der Waals surface area contributed by atoms with Crippen molar-refractivity contribution < 1.29 is 13.9 Å². The molecule has 7 heteroatoms. The van der Waals surface area contributed by atoms with Gasteiger partial charge in [0.15, 0.2) is 5.82 Å². The summed E-state index contributed by atoms with van der Waals surface area (Å²) >= 11 is 0. The molecule has 24 heavy (non-hydrogen) atoms. The number of aromatic nitrogens is 2. The quantitative estimate of drug-likeness (QED) is 0.763. The van der Waals surface area contributed by atoms with Crippen LogP contribution in [0.3, 0.4) is 0 Å². The lowest BCUT2D eigenvalue weighted by Gasteiger charge is -2.38. The molecule has 0 saturated carbocycles. The Morgan fingerprint density at radius 1 is 1.21 bits per heavy atom. The number of nitrogens with zero attached hydrogens (tertiary/aromatic N) is 4. The fourth-order valence-electron chi connectivity index (χ4n) is 4.09. The van der Waals surface area contributed by atoms with E-state index >= 15 is 0 Å². The molecule has 1 aromatic rings. The predicted molar refractivity (Wildman–Crippen MR) is 85.9 cm³/mol. The van der Waals surface area contributed by atoms with Gasteiger partial charge in [-0.1, -0.05) is 12.2 Å². The van der Waals surface area contributed by atoms with Crippen LogP contribution in [0.1, 0.15) is 12.8 Å². The average molecular weight is 332 g/mol. The van der Waals surface area contributed by atoms with E-state index in [1.807, 2.05) is 22.0 Å². The highest BCUT2D eigenvalue weighted by Gasteiger charge is 2.52. The van der Waals surface area contributed by atoms with E-state index in [1.165, 1.54) is 12.4 Å². The Balaban J connectivity index is 1.60. The van der Waals surface area contributed by atoms with Gasteiger partial charge in [0.25, 0.3) is 0 Å². The van der Waals surface area contributed by atoms with Gasteiger partial charge in [0.1, 0.15) is 0 Å². The third-order valence-electron chi connectivity index (χ3n) is 5.45. The van der Waals surface area contributed by atoms with E-state index in [2.05, 4.69) is 9.97 Å². The van der Waals surface area contributed by atoms with Crippen molar-refractivity contribution in [1.82, 2.24) is 14.9 Å². The van der Waals surface area contributed by atoms with Gasteiger partial charge in [-0.25, -0.2) is 14.4 Å². The maximum atomic E-state index is 13.1. The van der Waals surface area contributed by atoms with E-state index in [9.17, 15) is 9.18 Å². The molecule has 1 aromatic heterocycles. The van der Waals surface area contributed by atoms with Crippen LogP contribution in [-0.2, 0) is 9.53 Å². The van der Waals surface area contributed by atoms with E-state index in [0.717, 1.165) is 19.4 Å². The molecule has 4 rings (SSSR count). The minimum Gasteiger partial charge on any atom is -0.381 e. The largest absolute Gasteiger partial charge is 0.381 e. The van der Waals surface area contributed by atoms with Gasteiger partial charge < -0.3 is 14.5 Å². The van der Waals surface area contributed by atoms with Crippen molar-refractivity contribution in [3.05, 3.63) is 30.4 Å². The van der Waals surface area contributed by atoms with Crippen molar-refractivity contribution in [3.63, 3.8) is 0 Å². The molecule has 2 fully saturated rings. The maximum absolute atomic E-state index is 13.1. The van der Waals surface area contributed by atoms with Gasteiger partial charge in [0.2, 0.25) is 11.9 Å². The summed E-state index contributed by atoms with van der Waals surface area (Å²) < 4.78 is 18.6. The van der Waals surface area contributed by atoms with E-state index in [1.54, 1.807) is 0 Å². The molecule has 1 unspecified atom stereocenters. The second-order valence-corrected chi connectivity index (χ2v) is 6.82. The van der Waals surface area contributed by atoms with Crippen LogP contribution in [0.4, 0.5) is 10.3 Å². The fraction of sp³-hybridized carbons (Fsp3) is 0.588. The maximum Gasteiger partial charge on any atom is 0.228 e. The Hall–Kier alpha value is -2.02. The Bertz CT molecular complexity index is 634. The molecule has 1 atom stereocenters. The van der Waals surface area contributed by atoms with Gasteiger partial charge in [-0.05, 0) is 12.8 Å². The summed E-state index contributed by atoms with van der Waals surface area (Å²) in [5.41, 5.74) is -0.102. The van der Waals surface area contributed by atoms with Crippen LogP contribution in [0.5, 0.6) is 0 Å². The zero-order valence-electron chi connectivity index (χ0n) is 13.5. The van der Waals surface area contributed by atoms with Crippen molar-refractivity contribution in [2.24, 2.45) is 11.3 Å². The molecule has 1 spiro atoms. The summed E-state index contributed by atoms with van der Waals surface area (Å²) in [4.78, 5) is 25.2. The van der Waals surface area contributed by atoms with Crippen LogP contribution in [0, 0.1) is 17.2 Å². The Kier molecular flexibility index (Phi) is 3.96. The molecule has 3 aliphatic rings. The number of carbonyl (C=O) groups excluding carboxylic acids is 1. The summed E-state index contributed by atoms with van der Waals surface area (Å²) in [5, 5.41) is 0. The number of hydrogen-bond donors (Lipinski definition) is 0. The molecule has 128 valence electrons. The van der Waals surface area contributed by atoms with E-state index < -0.39 is 5.82 Å². The first-order chi connectivity index (χ1) is 11.7. The minimum atomic E-state index is -0.450. The number of hydrogen-bond acceptors (Lipinski definition) is 5. The first kappa shape index (κ1) is 15.5. The van der Waals surface area contributed by atoms with Crippen LogP contribution in [-0.4, -0.2) is 60.2 Å². The van der Waals surface area contributed by atoms with Crippen molar-refractivity contribution in [1.29, 1.82) is 0 Å². The van der Waals surface area contributed by atoms with Gasteiger partial charge in [0, 0.05) is 44.8 Å². The second-order valence-electron chi connectivity index (χ2n) is 6.82. The Morgan fingerprint density at radius 3 is 2.54 bits per heavy atom. The lowest BCUT2D eigenvalue weighted by molar-refractivity contribution is -0.139. The third kappa shape index (κ3) is 2.66. The third-order valence-corrected chi connectivity index (χ3v) is 5.45. The predicted octanol–water partition coefficient (Wildman–Crippen LogP) is 1.25. The van der Waals surface area contributed by atoms with Crippen LogP contribution in [0.15, 0.2) is 24.5 Å². The second kappa shape index (κ2) is 6.12. The highest BCUT2D eigenvalue weighted by Crippen LogP contribution is 2.45. The number of rotatable bonds is 2. The van der Waals surface area contributed by atoms with Crippen molar-refractivity contribution in [2.45, 2.75) is 12.8 Å². The van der Waals surface area contributed by atoms with Crippen molar-refractivity contribution >= 4 is 11.9 Å². The van der Waals surface area contributed by atoms with E-state index in [-0.39, 0.29) is 17.2 Å². The summed E-state index contributed by atoms with van der Waals surface area (Å²) in [6, 6.07) is 0. The van der Waals surface area contributed by atoms with Crippen molar-refractivity contribution in [3.8, 4) is 0 Å². The smallest absolute Gasteiger partial charge is 0.228 e. The summed E-state index contributed by atoms with van der Waals surface area (Å²) in [6.07, 6.45) is 8.15. The first-order valence-corrected chi connectivity index (χ1v) is 8.42. The number of carbonyl (C=O) groups is 1. The lowest BCUT2D eigenvalue weighted by atomic mass is 9.71. The molecule has 0 aromatic carbocycles. The molecule has 0 N–H and O–H groups in total. The van der Waals surface area contributed by atoms with Gasteiger partial charge in [-0.3, -0.25) is 4.79 Å². The first-order valence-electron chi connectivity index (χ1n) is 8.42. The summed E-state index contributed by atoms with van der Waals surface area (Å²) in [7, 11) is 0. The average Bonchev–Trinajstić information content (AvgIpc) is 3.25. The zero-order chi connectivity index (χ0) is 16.6. The molecular formula is C17H21FN4O2. The molecule has 0 aliphatic carbocycles. The standard InChI is InChI=1S/C17H21FN4O2/c18-13-9-19-16(20-10-13)22-11-14(15(23)21-5-1-2-6-21)17(12-22)3-7-24-8-4-17/h1-2,9-10,14H,3-8,11-12H2. The highest BCUT2D eigenvalue weighted by atomic mass is 19.1. The van der Waals surface area contributed by atoms with Gasteiger partial charge in [-0.15, -0.1) is 0 Å². The number of ether oxygens (including phenoxy) is 1. The highest BCUT2D eigenvalue weighted by molar-refractivity contribution is 5.82. The molecule has 6 nitrogen and oxygen atoms in total. The number of anilines is 1. The van der Waals surface area contributed by atoms with Crippen molar-refractivity contribution in [2.75, 3.05) is 44.3 Å². The normalized spacial score (nSPS) is 25.6. The summed E-state index contributed by atoms with van der Waals surface area (Å²) in [6.45, 7) is 4.05. The SMILES string of the molecule is O=C(C1CN(c2ncc(F)cn2)CC12CCOCC2)N1CC=CC1. The Morgan fingerprint density at radius 2 is 1.88 bits per heavy atom. The Labute approximate surface area is 140 Å². The lowest BCUT2D eigenvalue weighted by Crippen LogP contribution is -2.45. The number of halogens is 1. The molecule has 0 radical (unpaired) electrons. The topological polar surface area (TPSA) is 58.6 Å². The minimum absolute atomic E-state index is 0.0880. The fourth-order valence-corrected chi connectivity index (χ4v) is 4.09. The molecule has 2 saturated heterocycles. The zero-order valence-corrected chi connectivity index (χ0v) is 13.5. The van der Waals surface area contributed by atoms with Gasteiger partial charge in [-0.2, -0.15) is 0 Å². The summed E-state index contributed by atoms with van der Waals surface area (Å²) in [5.74, 6) is 0.160. The van der Waals surface area contributed by atoms with Gasteiger partial charge in [0.05, 0.1) is 18.3 Å². The van der Waals surface area contributed by atoms with Crippen LogP contribution in [0.25, 0.3) is 0 Å². The monoisotopic (exact) mass is 332 g/mol. The van der Waals surface area contributed by atoms with Crippen LogP contribution in [0.2, 0.25) is 0 Å². The van der Waals surface area contributed by atoms with Crippen LogP contribution < -0.4 is 4.90 Å². The molecule has 0 bridgehead atoms. The molecule has 4 heterocycles. The van der Waals surface area contributed by atoms with E-state index in [0.29, 0.717) is 38.8 Å². The molecule has 1 amide bonds. The van der Waals surface area contributed by atoms with Gasteiger partial charge >= 0.3 is 0 Å². The van der Waals surface area contributed by atoms with Crippen LogP contribution >= 0.6 is 0 Å². The molecular weight excluding hydrogens is 311 g/mol.